The number of carbonyl (C=O) groups excluding carboxylic acids is 1. The number of ether oxygens (including phenoxy) is 2. The lowest BCUT2D eigenvalue weighted by atomic mass is 10.1. The number of methoxy groups -OCH3 is 1. The molecular weight excluding hydrogens is 310 g/mol. The molecule has 1 aliphatic rings. The average molecular weight is 323 g/mol. The zero-order chi connectivity index (χ0) is 17.1. The Morgan fingerprint density at radius 2 is 1.96 bits per heavy atom. The van der Waals surface area contributed by atoms with Crippen LogP contribution in [0, 0.1) is 0 Å². The topological polar surface area (TPSA) is 85.2 Å². The summed E-state index contributed by atoms with van der Waals surface area (Å²) in [5.41, 5.74) is 1.61. The van der Waals surface area contributed by atoms with Gasteiger partial charge in [0.2, 0.25) is 5.90 Å². The van der Waals surface area contributed by atoms with Crippen LogP contribution >= 0.6 is 0 Å². The van der Waals surface area contributed by atoms with E-state index in [-0.39, 0.29) is 17.2 Å². The third kappa shape index (κ3) is 3.17. The second-order valence-corrected chi connectivity index (χ2v) is 5.00. The Morgan fingerprint density at radius 1 is 1.21 bits per heavy atom. The molecule has 0 saturated carbocycles. The van der Waals surface area contributed by atoms with Gasteiger partial charge in [-0.25, -0.2) is 14.6 Å². The van der Waals surface area contributed by atoms with Crippen LogP contribution in [0.25, 0.3) is 6.08 Å². The van der Waals surface area contributed by atoms with E-state index in [2.05, 4.69) is 4.99 Å². The van der Waals surface area contributed by atoms with Crippen molar-refractivity contribution in [2.24, 2.45) is 4.99 Å². The number of carboxylic acids is 1. The molecule has 0 aliphatic carbocycles. The van der Waals surface area contributed by atoms with Gasteiger partial charge in [0.15, 0.2) is 5.70 Å². The first-order valence-electron chi connectivity index (χ1n) is 7.07. The van der Waals surface area contributed by atoms with Gasteiger partial charge < -0.3 is 14.6 Å². The van der Waals surface area contributed by atoms with Crippen LogP contribution < -0.4 is 4.74 Å². The number of hydrogen-bond acceptors (Lipinski definition) is 5. The van der Waals surface area contributed by atoms with Crippen molar-refractivity contribution in [1.82, 2.24) is 0 Å². The van der Waals surface area contributed by atoms with E-state index in [0.717, 1.165) is 0 Å². The van der Waals surface area contributed by atoms with Crippen LogP contribution in [0.2, 0.25) is 0 Å². The van der Waals surface area contributed by atoms with Crippen molar-refractivity contribution in [2.75, 3.05) is 7.11 Å². The fourth-order valence-corrected chi connectivity index (χ4v) is 2.17. The number of benzene rings is 2. The van der Waals surface area contributed by atoms with Crippen molar-refractivity contribution in [3.05, 3.63) is 70.9 Å². The number of hydrogen-bond donors (Lipinski definition) is 1. The molecule has 6 nitrogen and oxygen atoms in total. The van der Waals surface area contributed by atoms with E-state index in [0.29, 0.717) is 16.9 Å². The second kappa shape index (κ2) is 6.37. The highest BCUT2D eigenvalue weighted by molar-refractivity contribution is 6.13. The fourth-order valence-electron chi connectivity index (χ4n) is 2.17. The Bertz CT molecular complexity index is 865. The van der Waals surface area contributed by atoms with Gasteiger partial charge in [0.1, 0.15) is 5.75 Å². The van der Waals surface area contributed by atoms with Gasteiger partial charge >= 0.3 is 11.9 Å². The first-order valence-corrected chi connectivity index (χ1v) is 7.07. The maximum absolute atomic E-state index is 12.0. The fraction of sp³-hybridized carbons (Fsp3) is 0.0556. The van der Waals surface area contributed by atoms with Crippen molar-refractivity contribution in [2.45, 2.75) is 0 Å². The number of aliphatic imine (C=N–C) groups is 1. The highest BCUT2D eigenvalue weighted by Crippen LogP contribution is 2.21. The van der Waals surface area contributed by atoms with E-state index in [1.807, 2.05) is 0 Å². The van der Waals surface area contributed by atoms with Crippen molar-refractivity contribution in [1.29, 1.82) is 0 Å². The average Bonchev–Trinajstić information content (AvgIpc) is 2.96. The molecule has 1 aliphatic heterocycles. The Kier molecular flexibility index (Phi) is 4.11. The van der Waals surface area contributed by atoms with E-state index >= 15 is 0 Å². The lowest BCUT2D eigenvalue weighted by molar-refractivity contribution is -0.129. The number of carboxylic acid groups (broad SMARTS) is 1. The van der Waals surface area contributed by atoms with Gasteiger partial charge in [0, 0.05) is 5.56 Å². The van der Waals surface area contributed by atoms with Crippen LogP contribution in [0.15, 0.2) is 59.2 Å². The zero-order valence-electron chi connectivity index (χ0n) is 12.7. The van der Waals surface area contributed by atoms with Gasteiger partial charge in [-0.15, -0.1) is 0 Å². The highest BCUT2D eigenvalue weighted by atomic mass is 16.6. The van der Waals surface area contributed by atoms with Crippen molar-refractivity contribution >= 4 is 23.9 Å². The van der Waals surface area contributed by atoms with Gasteiger partial charge in [-0.2, -0.15) is 0 Å². The number of esters is 1. The van der Waals surface area contributed by atoms with Gasteiger partial charge in [-0.3, -0.25) is 0 Å². The SMILES string of the molecule is COc1cccc(C2=N/C(=C/c3ccc(C(=O)O)cc3)C(=O)O2)c1. The molecule has 2 aromatic rings. The molecule has 24 heavy (non-hydrogen) atoms. The monoisotopic (exact) mass is 323 g/mol. The van der Waals surface area contributed by atoms with Crippen LogP contribution in [0.5, 0.6) is 5.75 Å². The van der Waals surface area contributed by atoms with E-state index in [9.17, 15) is 9.59 Å². The molecule has 0 spiro atoms. The molecule has 0 saturated heterocycles. The first-order chi connectivity index (χ1) is 11.6. The largest absolute Gasteiger partial charge is 0.497 e. The standard InChI is InChI=1S/C18H13NO5/c1-23-14-4-2-3-13(10-14)16-19-15(18(22)24-16)9-11-5-7-12(8-6-11)17(20)21/h2-10H,1H3,(H,20,21)/b15-9+. The normalized spacial score (nSPS) is 15.1. The summed E-state index contributed by atoms with van der Waals surface area (Å²) in [6, 6.07) is 13.2. The molecule has 1 heterocycles. The summed E-state index contributed by atoms with van der Waals surface area (Å²) in [6.07, 6.45) is 1.54. The Hall–Kier alpha value is -3.41. The quantitative estimate of drug-likeness (QED) is 0.691. The van der Waals surface area contributed by atoms with Gasteiger partial charge in [0.05, 0.1) is 12.7 Å². The van der Waals surface area contributed by atoms with Gasteiger partial charge in [-0.05, 0) is 42.0 Å². The Labute approximate surface area is 137 Å². The summed E-state index contributed by atoms with van der Waals surface area (Å²) < 4.78 is 10.3. The summed E-state index contributed by atoms with van der Waals surface area (Å²) >= 11 is 0. The molecular formula is C18H13NO5. The molecule has 2 aromatic carbocycles. The number of nitrogens with zero attached hydrogens (tertiary/aromatic N) is 1. The summed E-state index contributed by atoms with van der Waals surface area (Å²) in [6.45, 7) is 0. The maximum atomic E-state index is 12.0. The Morgan fingerprint density at radius 3 is 2.62 bits per heavy atom. The zero-order valence-corrected chi connectivity index (χ0v) is 12.7. The molecule has 1 N–H and O–H groups in total. The minimum absolute atomic E-state index is 0.149. The molecule has 0 fully saturated rings. The molecule has 6 heteroatoms. The number of rotatable bonds is 4. The van der Waals surface area contributed by atoms with Crippen LogP contribution in [-0.2, 0) is 9.53 Å². The third-order valence-corrected chi connectivity index (χ3v) is 3.40. The van der Waals surface area contributed by atoms with Crippen molar-refractivity contribution in [3.63, 3.8) is 0 Å². The predicted octanol–water partition coefficient (Wildman–Crippen LogP) is 2.74. The van der Waals surface area contributed by atoms with Gasteiger partial charge in [0.25, 0.3) is 0 Å². The third-order valence-electron chi connectivity index (χ3n) is 3.40. The number of carbonyl (C=O) groups is 2. The van der Waals surface area contributed by atoms with Gasteiger partial charge in [-0.1, -0.05) is 18.2 Å². The van der Waals surface area contributed by atoms with E-state index < -0.39 is 11.9 Å². The van der Waals surface area contributed by atoms with Crippen LogP contribution in [-0.4, -0.2) is 30.1 Å². The second-order valence-electron chi connectivity index (χ2n) is 5.00. The maximum Gasteiger partial charge on any atom is 0.363 e. The predicted molar refractivity (Wildman–Crippen MR) is 87.0 cm³/mol. The number of cyclic esters (lactones) is 1. The van der Waals surface area contributed by atoms with Crippen LogP contribution in [0.3, 0.4) is 0 Å². The molecule has 0 amide bonds. The van der Waals surface area contributed by atoms with Crippen LogP contribution in [0.4, 0.5) is 0 Å². The molecule has 0 radical (unpaired) electrons. The van der Waals surface area contributed by atoms with E-state index in [1.54, 1.807) is 49.6 Å². The molecule has 0 atom stereocenters. The summed E-state index contributed by atoms with van der Waals surface area (Å²) in [5, 5.41) is 8.88. The minimum atomic E-state index is -1.01. The highest BCUT2D eigenvalue weighted by Gasteiger charge is 2.24. The van der Waals surface area contributed by atoms with Crippen LogP contribution in [0.1, 0.15) is 21.5 Å². The summed E-state index contributed by atoms with van der Waals surface area (Å²) in [5.74, 6) is -0.733. The summed E-state index contributed by atoms with van der Waals surface area (Å²) in [7, 11) is 1.55. The first kappa shape index (κ1) is 15.5. The Balaban J connectivity index is 1.89. The lowest BCUT2D eigenvalue weighted by Gasteiger charge is -2.02. The molecule has 0 unspecified atom stereocenters. The van der Waals surface area contributed by atoms with E-state index in [1.165, 1.54) is 12.1 Å². The smallest absolute Gasteiger partial charge is 0.363 e. The van der Waals surface area contributed by atoms with E-state index in [4.69, 9.17) is 14.6 Å². The molecule has 120 valence electrons. The summed E-state index contributed by atoms with van der Waals surface area (Å²) in [4.78, 5) is 27.0. The molecule has 0 aromatic heterocycles. The minimum Gasteiger partial charge on any atom is -0.497 e. The molecule has 3 rings (SSSR count). The van der Waals surface area contributed by atoms with Crippen molar-refractivity contribution < 1.29 is 24.2 Å². The van der Waals surface area contributed by atoms with Crippen molar-refractivity contribution in [3.8, 4) is 5.75 Å². The lowest BCUT2D eigenvalue weighted by Crippen LogP contribution is -2.05. The molecule has 0 bridgehead atoms. The number of aromatic carboxylic acids is 1.